The molecule has 248 valence electrons. The van der Waals surface area contributed by atoms with Gasteiger partial charge in [0.05, 0.1) is 32.0 Å². The van der Waals surface area contributed by atoms with E-state index < -0.39 is 52.6 Å². The highest BCUT2D eigenvalue weighted by Crippen LogP contribution is 2.45. The number of benzene rings is 4. The number of methoxy groups -OCH3 is 2. The second kappa shape index (κ2) is 16.0. The minimum Gasteiger partial charge on any atom is -0.504 e. The Kier molecular flexibility index (Phi) is 11.4. The van der Waals surface area contributed by atoms with Gasteiger partial charge in [0.2, 0.25) is 0 Å². The van der Waals surface area contributed by atoms with E-state index in [2.05, 4.69) is 20.5 Å². The van der Waals surface area contributed by atoms with Crippen LogP contribution in [0.25, 0.3) is 12.2 Å². The number of carboxylic acid groups (broad SMARTS) is 2. The van der Waals surface area contributed by atoms with Crippen molar-refractivity contribution < 1.29 is 49.1 Å². The van der Waals surface area contributed by atoms with Gasteiger partial charge in [-0.2, -0.15) is 10.2 Å². The van der Waals surface area contributed by atoms with E-state index in [4.69, 9.17) is 9.47 Å². The van der Waals surface area contributed by atoms with Gasteiger partial charge in [0.1, 0.15) is 22.5 Å². The van der Waals surface area contributed by atoms with E-state index >= 15 is 0 Å². The fraction of sp³-hybridized carbons (Fsp3) is 0.0857. The maximum atomic E-state index is 12.8. The van der Waals surface area contributed by atoms with Crippen LogP contribution in [0.5, 0.6) is 23.0 Å². The summed E-state index contributed by atoms with van der Waals surface area (Å²) in [6.07, 6.45) is 3.82. The number of phenols is 2. The first-order chi connectivity index (χ1) is 23.5. The molecule has 0 saturated heterocycles. The number of allylic oxidation sites excluding steroid dienone is 2. The predicted molar refractivity (Wildman–Crippen MR) is 177 cm³/mol. The monoisotopic (exact) mass is 664 g/mol. The first-order valence-corrected chi connectivity index (χ1v) is 14.2. The Hall–Kier alpha value is -6.96. The maximum absolute atomic E-state index is 12.8. The van der Waals surface area contributed by atoms with Crippen LogP contribution in [-0.4, -0.2) is 58.2 Å². The van der Waals surface area contributed by atoms with E-state index in [0.29, 0.717) is 11.4 Å². The first kappa shape index (κ1) is 34.9. The Balaban J connectivity index is 1.63. The number of aromatic hydroxyl groups is 2. The molecule has 0 unspecified atom stereocenters. The van der Waals surface area contributed by atoms with Gasteiger partial charge in [0.15, 0.2) is 34.6 Å². The third-order valence-electron chi connectivity index (χ3n) is 6.68. The molecule has 49 heavy (non-hydrogen) atoms. The molecular weight excluding hydrogens is 636 g/mol. The molecule has 0 bridgehead atoms. The van der Waals surface area contributed by atoms with Gasteiger partial charge in [-0.1, -0.05) is 36.4 Å². The topological polar surface area (TPSA) is 217 Å². The summed E-state index contributed by atoms with van der Waals surface area (Å²) >= 11 is 0. The van der Waals surface area contributed by atoms with Crippen LogP contribution >= 0.6 is 0 Å². The second-order valence-corrected chi connectivity index (χ2v) is 9.95. The number of nitrogens with zero attached hydrogens (tertiary/aromatic N) is 4. The van der Waals surface area contributed by atoms with E-state index in [1.54, 1.807) is 60.7 Å². The molecule has 0 saturated carbocycles. The number of carbonyl (C=O) groups is 4. The van der Waals surface area contributed by atoms with Gasteiger partial charge in [-0.3, -0.25) is 9.59 Å². The van der Waals surface area contributed by atoms with Gasteiger partial charge < -0.3 is 29.9 Å². The molecule has 0 aromatic heterocycles. The number of ether oxygens (including phenoxy) is 2. The van der Waals surface area contributed by atoms with Crippen molar-refractivity contribution in [3.05, 3.63) is 107 Å². The van der Waals surface area contributed by atoms with Crippen molar-refractivity contribution in [2.45, 2.75) is 6.42 Å². The van der Waals surface area contributed by atoms with Crippen LogP contribution in [0.3, 0.4) is 0 Å². The molecule has 4 N–H and O–H groups in total. The number of aromatic carboxylic acids is 2. The normalized spacial score (nSPS) is 11.5. The highest BCUT2D eigenvalue weighted by molar-refractivity contribution is 6.11. The minimum absolute atomic E-state index is 0.0499. The molecule has 14 heteroatoms. The first-order valence-electron chi connectivity index (χ1n) is 14.2. The fourth-order valence-corrected chi connectivity index (χ4v) is 4.35. The summed E-state index contributed by atoms with van der Waals surface area (Å²) in [6.45, 7) is 0. The fourth-order valence-electron chi connectivity index (χ4n) is 4.35. The van der Waals surface area contributed by atoms with Crippen LogP contribution in [0.2, 0.25) is 0 Å². The summed E-state index contributed by atoms with van der Waals surface area (Å²) < 4.78 is 10.4. The zero-order valence-corrected chi connectivity index (χ0v) is 26.0. The van der Waals surface area contributed by atoms with Gasteiger partial charge in [-0.05, 0) is 60.7 Å². The van der Waals surface area contributed by atoms with Crippen molar-refractivity contribution in [1.29, 1.82) is 0 Å². The van der Waals surface area contributed by atoms with Crippen molar-refractivity contribution in [2.24, 2.45) is 20.5 Å². The quantitative estimate of drug-likeness (QED) is 0.0587. The lowest BCUT2D eigenvalue weighted by Crippen LogP contribution is -2.03. The zero-order valence-electron chi connectivity index (χ0n) is 26.0. The van der Waals surface area contributed by atoms with E-state index in [0.717, 1.165) is 24.3 Å². The molecule has 0 spiro atoms. The Morgan fingerprint density at radius 1 is 0.612 bits per heavy atom. The largest absolute Gasteiger partial charge is 0.504 e. The lowest BCUT2D eigenvalue weighted by molar-refractivity contribution is -0.121. The highest BCUT2D eigenvalue weighted by Gasteiger charge is 2.23. The molecule has 0 aliphatic heterocycles. The molecule has 0 heterocycles. The van der Waals surface area contributed by atoms with Crippen LogP contribution in [0.15, 0.2) is 105 Å². The summed E-state index contributed by atoms with van der Waals surface area (Å²) in [7, 11) is 2.40. The van der Waals surface area contributed by atoms with Crippen molar-refractivity contribution in [2.75, 3.05) is 14.2 Å². The Morgan fingerprint density at radius 2 is 0.980 bits per heavy atom. The number of carboxylic acids is 2. The molecule has 4 rings (SSSR count). The number of ketones is 2. The van der Waals surface area contributed by atoms with Crippen LogP contribution in [0.1, 0.15) is 38.3 Å². The van der Waals surface area contributed by atoms with Crippen molar-refractivity contribution in [3.63, 3.8) is 0 Å². The predicted octanol–water partition coefficient (Wildman–Crippen LogP) is 7.60. The molecule has 4 aromatic rings. The van der Waals surface area contributed by atoms with E-state index in [1.165, 1.54) is 26.4 Å². The van der Waals surface area contributed by atoms with Gasteiger partial charge in [0, 0.05) is 11.1 Å². The standard InChI is InChI=1S/C35H28N4O10/c1-48-32-28(38-36-22-9-5-3-6-10-22)20(17-26(30(32)42)34(44)45)13-15-24(40)19-25(41)16-14-21-18-27(35(46)47)31(43)33(49-2)29(21)39-37-23-11-7-4-8-12-23/h3-18,42-43H,19H2,1-2H3,(H,44,45)(H,46,47). The molecule has 0 amide bonds. The van der Waals surface area contributed by atoms with Gasteiger partial charge in [0.25, 0.3) is 0 Å². The number of azo groups is 2. The molecular formula is C35H28N4O10. The summed E-state index contributed by atoms with van der Waals surface area (Å²) in [4.78, 5) is 49.2. The van der Waals surface area contributed by atoms with Crippen LogP contribution in [0, 0.1) is 0 Å². The summed E-state index contributed by atoms with van der Waals surface area (Å²) in [5, 5.41) is 56.6. The zero-order chi connectivity index (χ0) is 35.5. The van der Waals surface area contributed by atoms with Gasteiger partial charge in [-0.25, -0.2) is 9.59 Å². The lowest BCUT2D eigenvalue weighted by atomic mass is 10.0. The average Bonchev–Trinajstić information content (AvgIpc) is 3.09. The summed E-state index contributed by atoms with van der Waals surface area (Å²) in [5.74, 6) is -6.30. The number of carbonyl (C=O) groups excluding carboxylic acids is 2. The maximum Gasteiger partial charge on any atom is 0.339 e. The molecule has 0 fully saturated rings. The molecule has 14 nitrogen and oxygen atoms in total. The Morgan fingerprint density at radius 3 is 1.31 bits per heavy atom. The van der Waals surface area contributed by atoms with Crippen molar-refractivity contribution >= 4 is 58.4 Å². The SMILES string of the molecule is COc1c(O)c(C(=O)O)cc(C=CC(=O)CC(=O)C=Cc2cc(C(=O)O)c(O)c(OC)c2N=Nc2ccccc2)c1N=Nc1ccccc1. The average molecular weight is 665 g/mol. The lowest BCUT2D eigenvalue weighted by Gasteiger charge is -2.12. The minimum atomic E-state index is -1.47. The number of hydrogen-bond acceptors (Lipinski definition) is 12. The van der Waals surface area contributed by atoms with E-state index in [-0.39, 0.29) is 34.0 Å². The second-order valence-electron chi connectivity index (χ2n) is 9.95. The third kappa shape index (κ3) is 8.65. The third-order valence-corrected chi connectivity index (χ3v) is 6.68. The summed E-state index contributed by atoms with van der Waals surface area (Å²) in [6, 6.07) is 19.2. The van der Waals surface area contributed by atoms with E-state index in [9.17, 15) is 39.6 Å². The van der Waals surface area contributed by atoms with Crippen LogP contribution < -0.4 is 9.47 Å². The molecule has 0 aliphatic rings. The highest BCUT2D eigenvalue weighted by atomic mass is 16.5. The Bertz CT molecular complexity index is 1880. The number of hydrogen-bond donors (Lipinski definition) is 4. The van der Waals surface area contributed by atoms with Crippen molar-refractivity contribution in [3.8, 4) is 23.0 Å². The summed E-state index contributed by atoms with van der Waals surface area (Å²) in [5.41, 5.74) is -0.197. The van der Waals surface area contributed by atoms with Gasteiger partial charge >= 0.3 is 11.9 Å². The molecule has 4 aromatic carbocycles. The Labute approximate surface area is 278 Å². The van der Waals surface area contributed by atoms with Crippen molar-refractivity contribution in [1.82, 2.24) is 0 Å². The molecule has 0 atom stereocenters. The van der Waals surface area contributed by atoms with E-state index in [1.807, 2.05) is 0 Å². The molecule has 0 radical (unpaired) electrons. The smallest absolute Gasteiger partial charge is 0.339 e. The number of rotatable bonds is 14. The molecule has 0 aliphatic carbocycles. The van der Waals surface area contributed by atoms with Crippen LogP contribution in [0.4, 0.5) is 22.7 Å². The van der Waals surface area contributed by atoms with Gasteiger partial charge in [-0.15, -0.1) is 10.2 Å². The van der Waals surface area contributed by atoms with Crippen LogP contribution in [-0.2, 0) is 9.59 Å².